The summed E-state index contributed by atoms with van der Waals surface area (Å²) in [7, 11) is 0. The molecule has 0 N–H and O–H groups in total. The number of Topliss-reactive ketones (excluding diaryl/α,β-unsaturated/α-hetero) is 1. The Balaban J connectivity index is 1.83. The van der Waals surface area contributed by atoms with E-state index in [-0.39, 0.29) is 28.2 Å². The van der Waals surface area contributed by atoms with E-state index in [2.05, 4.69) is 0 Å². The van der Waals surface area contributed by atoms with Gasteiger partial charge in [0.25, 0.3) is 0 Å². The second-order valence-electron chi connectivity index (χ2n) is 7.32. The fourth-order valence-corrected chi connectivity index (χ4v) is 4.51. The van der Waals surface area contributed by atoms with Crippen LogP contribution in [0, 0.1) is 0 Å². The predicted molar refractivity (Wildman–Crippen MR) is 109 cm³/mol. The van der Waals surface area contributed by atoms with E-state index in [4.69, 9.17) is 23.2 Å². The molecule has 0 fully saturated rings. The van der Waals surface area contributed by atoms with Crippen LogP contribution < -0.4 is 4.90 Å². The lowest BCUT2D eigenvalue weighted by molar-refractivity contribution is -0.137. The number of alkyl halides is 3. The highest BCUT2D eigenvalue weighted by atomic mass is 35.5. The number of hydrogen-bond acceptors (Lipinski definition) is 2. The van der Waals surface area contributed by atoms with Crippen LogP contribution in [0.2, 0.25) is 10.0 Å². The van der Waals surface area contributed by atoms with Crippen molar-refractivity contribution in [1.82, 2.24) is 0 Å². The van der Waals surface area contributed by atoms with Gasteiger partial charge in [-0.1, -0.05) is 41.4 Å². The summed E-state index contributed by atoms with van der Waals surface area (Å²) in [4.78, 5) is 27.4. The van der Waals surface area contributed by atoms with Gasteiger partial charge in [-0.2, -0.15) is 13.2 Å². The van der Waals surface area contributed by atoms with Crippen LogP contribution >= 0.6 is 23.2 Å². The number of carbonyl (C=O) groups is 2. The van der Waals surface area contributed by atoms with Crippen LogP contribution in [0.25, 0.3) is 0 Å². The van der Waals surface area contributed by atoms with Gasteiger partial charge in [-0.15, -0.1) is 0 Å². The number of rotatable bonds is 2. The Bertz CT molecular complexity index is 1060. The maximum absolute atomic E-state index is 13.1. The van der Waals surface area contributed by atoms with Crippen LogP contribution in [0.5, 0.6) is 0 Å². The topological polar surface area (TPSA) is 37.4 Å². The van der Waals surface area contributed by atoms with Crippen molar-refractivity contribution in [3.05, 3.63) is 74.9 Å². The minimum Gasteiger partial charge on any atom is -0.294 e. The lowest BCUT2D eigenvalue weighted by atomic mass is 9.77. The number of amides is 1. The molecule has 8 heteroatoms. The molecule has 1 heterocycles. The molecule has 30 heavy (non-hydrogen) atoms. The smallest absolute Gasteiger partial charge is 0.294 e. The number of hydrogen-bond donors (Lipinski definition) is 0. The fraction of sp³-hybridized carbons (Fsp3) is 0.273. The molecule has 1 unspecified atom stereocenters. The number of allylic oxidation sites excluding steroid dienone is 2. The minimum absolute atomic E-state index is 0.0429. The first-order valence-electron chi connectivity index (χ1n) is 9.39. The lowest BCUT2D eigenvalue weighted by Crippen LogP contribution is -2.40. The standard InChI is InChI=1S/C22H16Cl2F3NO2/c23-15-3-1-5-17(21(15)24)28-16-4-2-6-18(29)20(16)14(11-19(28)30)12-7-9-13(10-8-12)22(25,26)27/h1,3,5,7-10,14H,2,4,6,11H2. The van der Waals surface area contributed by atoms with E-state index >= 15 is 0 Å². The molecule has 0 saturated heterocycles. The molecule has 0 radical (unpaired) electrons. The zero-order valence-electron chi connectivity index (χ0n) is 15.6. The SMILES string of the molecule is O=C1CCCC2=C1C(c1ccc(C(F)(F)F)cc1)CC(=O)N2c1cccc(Cl)c1Cl. The first-order valence-corrected chi connectivity index (χ1v) is 10.1. The van der Waals surface area contributed by atoms with Crippen LogP contribution in [0.3, 0.4) is 0 Å². The molecule has 156 valence electrons. The third kappa shape index (κ3) is 3.63. The number of halogens is 5. The minimum atomic E-state index is -4.45. The van der Waals surface area contributed by atoms with Gasteiger partial charge >= 0.3 is 6.18 Å². The first kappa shape index (κ1) is 20.9. The van der Waals surface area contributed by atoms with Gasteiger partial charge in [0.1, 0.15) is 0 Å². The Hall–Kier alpha value is -2.31. The van der Waals surface area contributed by atoms with Crippen LogP contribution in [-0.2, 0) is 15.8 Å². The van der Waals surface area contributed by atoms with Crippen LogP contribution in [0.15, 0.2) is 53.7 Å². The average molecular weight is 454 g/mol. The summed E-state index contributed by atoms with van der Waals surface area (Å²) < 4.78 is 38.7. The third-order valence-electron chi connectivity index (χ3n) is 5.49. The van der Waals surface area contributed by atoms with Crippen LogP contribution in [0.1, 0.15) is 42.7 Å². The Morgan fingerprint density at radius 3 is 2.33 bits per heavy atom. The van der Waals surface area contributed by atoms with Gasteiger partial charge in [-0.3, -0.25) is 14.5 Å². The van der Waals surface area contributed by atoms with E-state index in [1.807, 2.05) is 0 Å². The Morgan fingerprint density at radius 2 is 1.67 bits per heavy atom. The van der Waals surface area contributed by atoms with Gasteiger partial charge in [0.05, 0.1) is 21.3 Å². The zero-order chi connectivity index (χ0) is 21.6. The van der Waals surface area contributed by atoms with E-state index in [1.165, 1.54) is 17.0 Å². The summed E-state index contributed by atoms with van der Waals surface area (Å²) >= 11 is 12.4. The number of anilines is 1. The van der Waals surface area contributed by atoms with Crippen molar-refractivity contribution in [3.8, 4) is 0 Å². The zero-order valence-corrected chi connectivity index (χ0v) is 17.1. The van der Waals surface area contributed by atoms with Crippen molar-refractivity contribution < 1.29 is 22.8 Å². The molecule has 1 aliphatic carbocycles. The van der Waals surface area contributed by atoms with E-state index in [0.29, 0.717) is 41.8 Å². The molecule has 1 aliphatic heterocycles. The molecule has 0 spiro atoms. The van der Waals surface area contributed by atoms with Gasteiger partial charge in [0.2, 0.25) is 5.91 Å². The van der Waals surface area contributed by atoms with Gasteiger partial charge in [-0.05, 0) is 42.7 Å². The van der Waals surface area contributed by atoms with E-state index in [1.54, 1.807) is 18.2 Å². The Labute approximate surface area is 181 Å². The van der Waals surface area contributed by atoms with Crippen LogP contribution in [0.4, 0.5) is 18.9 Å². The Morgan fingerprint density at radius 1 is 0.967 bits per heavy atom. The molecule has 2 aromatic carbocycles. The summed E-state index contributed by atoms with van der Waals surface area (Å²) in [5.41, 5.74) is 1.16. The normalized spacial score (nSPS) is 19.9. The van der Waals surface area contributed by atoms with Gasteiger partial charge < -0.3 is 0 Å². The quantitative estimate of drug-likeness (QED) is 0.517. The maximum Gasteiger partial charge on any atom is 0.416 e. The molecule has 0 saturated carbocycles. The van der Waals surface area contributed by atoms with Crippen molar-refractivity contribution in [2.24, 2.45) is 0 Å². The van der Waals surface area contributed by atoms with E-state index in [9.17, 15) is 22.8 Å². The summed E-state index contributed by atoms with van der Waals surface area (Å²) in [6.07, 6.45) is -3.08. The molecular formula is C22H16Cl2F3NO2. The maximum atomic E-state index is 13.1. The van der Waals surface area contributed by atoms with Crippen molar-refractivity contribution in [3.63, 3.8) is 0 Å². The van der Waals surface area contributed by atoms with E-state index < -0.39 is 17.7 Å². The van der Waals surface area contributed by atoms with E-state index in [0.717, 1.165) is 12.1 Å². The molecule has 0 bridgehead atoms. The van der Waals surface area contributed by atoms with Crippen molar-refractivity contribution in [2.75, 3.05) is 4.90 Å². The highest BCUT2D eigenvalue weighted by Gasteiger charge is 2.40. The van der Waals surface area contributed by atoms with Crippen molar-refractivity contribution >= 4 is 40.6 Å². The summed E-state index contributed by atoms with van der Waals surface area (Å²) in [5, 5.41) is 0.501. The summed E-state index contributed by atoms with van der Waals surface area (Å²) in [6.45, 7) is 0. The number of nitrogens with zero attached hydrogens (tertiary/aromatic N) is 1. The number of carbonyl (C=O) groups excluding carboxylic acids is 2. The second kappa shape index (κ2) is 7.75. The molecular weight excluding hydrogens is 438 g/mol. The average Bonchev–Trinajstić information content (AvgIpc) is 2.70. The largest absolute Gasteiger partial charge is 0.416 e. The molecule has 2 aliphatic rings. The monoisotopic (exact) mass is 453 g/mol. The molecule has 1 atom stereocenters. The highest BCUT2D eigenvalue weighted by molar-refractivity contribution is 6.44. The van der Waals surface area contributed by atoms with Gasteiger partial charge in [-0.25, -0.2) is 0 Å². The molecule has 1 amide bonds. The van der Waals surface area contributed by atoms with Crippen molar-refractivity contribution in [1.29, 1.82) is 0 Å². The third-order valence-corrected chi connectivity index (χ3v) is 6.30. The number of benzene rings is 2. The Kier molecular flexibility index (Phi) is 5.41. The van der Waals surface area contributed by atoms with Gasteiger partial charge in [0.15, 0.2) is 5.78 Å². The number of ketones is 1. The first-order chi connectivity index (χ1) is 14.2. The van der Waals surface area contributed by atoms with Crippen molar-refractivity contribution in [2.45, 2.75) is 37.8 Å². The lowest BCUT2D eigenvalue weighted by Gasteiger charge is -2.38. The highest BCUT2D eigenvalue weighted by Crippen LogP contribution is 2.46. The molecule has 3 nitrogen and oxygen atoms in total. The molecule has 0 aromatic heterocycles. The summed E-state index contributed by atoms with van der Waals surface area (Å²) in [5.74, 6) is -0.967. The van der Waals surface area contributed by atoms with Gasteiger partial charge in [0, 0.05) is 30.0 Å². The molecule has 4 rings (SSSR count). The predicted octanol–water partition coefficient (Wildman–Crippen LogP) is 6.54. The van der Waals surface area contributed by atoms with Crippen LogP contribution in [-0.4, -0.2) is 11.7 Å². The second-order valence-corrected chi connectivity index (χ2v) is 8.10. The summed E-state index contributed by atoms with van der Waals surface area (Å²) in [6, 6.07) is 9.58. The fourth-order valence-electron chi connectivity index (χ4n) is 4.13. The molecule has 2 aromatic rings.